The van der Waals surface area contributed by atoms with Crippen LogP contribution in [0.1, 0.15) is 213 Å². The molecule has 0 heterocycles. The van der Waals surface area contributed by atoms with Gasteiger partial charge in [0.2, 0.25) is 0 Å². The van der Waals surface area contributed by atoms with E-state index in [9.17, 15) is 14.3 Å². The Labute approximate surface area is 323 Å². The first-order valence-electron chi connectivity index (χ1n) is 22.3. The van der Waals surface area contributed by atoms with Crippen LogP contribution in [0.5, 0.6) is 0 Å². The molecule has 2 unspecified atom stereocenters. The van der Waals surface area contributed by atoms with Crippen LogP contribution < -0.4 is 4.89 Å². The smallest absolute Gasteiger partial charge is 0.306 e. The molecule has 0 saturated heterocycles. The molecule has 0 aromatic rings. The first-order valence-corrected chi connectivity index (χ1v) is 23.7. The number of ether oxygens (including phenoxy) is 2. The molecule has 0 aromatic carbocycles. The molecule has 0 aliphatic carbocycles. The number of unbranched alkanes of at least 4 members (excludes halogenated alkanes) is 28. The molecule has 0 aliphatic heterocycles. The molecule has 2 atom stereocenters. The fourth-order valence-corrected chi connectivity index (χ4v) is 7.16. The summed E-state index contributed by atoms with van der Waals surface area (Å²) in [5.41, 5.74) is 0. The number of quaternary nitrogens is 1. The van der Waals surface area contributed by atoms with E-state index in [1.54, 1.807) is 0 Å². The lowest BCUT2D eigenvalue weighted by Crippen LogP contribution is -2.37. The predicted octanol–water partition coefficient (Wildman–Crippen LogP) is 12.3. The average Bonchev–Trinajstić information content (AvgIpc) is 3.09. The number of carbonyl (C=O) groups is 1. The van der Waals surface area contributed by atoms with Gasteiger partial charge in [-0.1, -0.05) is 194 Å². The fourth-order valence-electron chi connectivity index (χ4n) is 6.43. The maximum atomic E-state index is 12.4. The van der Waals surface area contributed by atoms with Gasteiger partial charge in [0.25, 0.3) is 7.82 Å². The Hall–Kier alpha value is -0.500. The molecule has 0 fully saturated rings. The Morgan fingerprint density at radius 1 is 0.519 bits per heavy atom. The van der Waals surface area contributed by atoms with E-state index in [1.165, 1.54) is 154 Å². The van der Waals surface area contributed by atoms with Gasteiger partial charge in [-0.3, -0.25) is 9.36 Å². The molecule has 0 rings (SSSR count). The van der Waals surface area contributed by atoms with Crippen LogP contribution in [-0.4, -0.2) is 70.7 Å². The Balaban J connectivity index is 3.76. The van der Waals surface area contributed by atoms with Gasteiger partial charge >= 0.3 is 5.97 Å². The van der Waals surface area contributed by atoms with Crippen LogP contribution in [0, 0.1) is 0 Å². The Morgan fingerprint density at radius 2 is 0.885 bits per heavy atom. The number of nitrogens with zero attached hydrogens (tertiary/aromatic N) is 1. The second-order valence-corrected chi connectivity index (χ2v) is 17.8. The van der Waals surface area contributed by atoms with Crippen molar-refractivity contribution in [2.75, 3.05) is 54.1 Å². The van der Waals surface area contributed by atoms with Gasteiger partial charge in [0.15, 0.2) is 0 Å². The minimum atomic E-state index is -4.50. The van der Waals surface area contributed by atoms with Gasteiger partial charge < -0.3 is 27.9 Å². The van der Waals surface area contributed by atoms with Crippen molar-refractivity contribution >= 4 is 13.8 Å². The highest BCUT2D eigenvalue weighted by Crippen LogP contribution is 2.38. The third kappa shape index (κ3) is 40.7. The molecule has 0 amide bonds. The lowest BCUT2D eigenvalue weighted by atomic mass is 10.0. The van der Waals surface area contributed by atoms with Crippen molar-refractivity contribution in [3.63, 3.8) is 0 Å². The lowest BCUT2D eigenvalue weighted by molar-refractivity contribution is -0.870. The summed E-state index contributed by atoms with van der Waals surface area (Å²) in [6.07, 6.45) is 39.1. The van der Waals surface area contributed by atoms with Gasteiger partial charge in [0.05, 0.1) is 34.4 Å². The summed E-state index contributed by atoms with van der Waals surface area (Å²) >= 11 is 0. The Morgan fingerprint density at radius 3 is 1.27 bits per heavy atom. The number of hydrogen-bond acceptors (Lipinski definition) is 7. The van der Waals surface area contributed by atoms with Crippen LogP contribution in [-0.2, 0) is 27.9 Å². The van der Waals surface area contributed by atoms with Crippen molar-refractivity contribution in [1.29, 1.82) is 0 Å². The summed E-state index contributed by atoms with van der Waals surface area (Å²) in [7, 11) is 1.37. The van der Waals surface area contributed by atoms with Crippen molar-refractivity contribution < 1.29 is 37.3 Å². The number of phosphoric ester groups is 1. The Bertz CT molecular complexity index is 807. The largest absolute Gasteiger partial charge is 0.756 e. The normalized spacial score (nSPS) is 13.7. The zero-order valence-electron chi connectivity index (χ0n) is 35.3. The molecule has 0 radical (unpaired) electrons. The van der Waals surface area contributed by atoms with Crippen LogP contribution >= 0.6 is 7.82 Å². The molecule has 0 saturated carbocycles. The van der Waals surface area contributed by atoms with Gasteiger partial charge in [-0.15, -0.1) is 0 Å². The van der Waals surface area contributed by atoms with Gasteiger partial charge in [-0.2, -0.15) is 0 Å². The SMILES string of the molecule is CCCCCCCCCCCCCCCCCCCCCCCCCCCCOCC(COP(=O)([O-])OCC[N+](C)(C)C)OC(=O)CCCCCC. The van der Waals surface area contributed by atoms with Crippen LogP contribution in [0.2, 0.25) is 0 Å². The second kappa shape index (κ2) is 37.4. The van der Waals surface area contributed by atoms with Crippen LogP contribution in [0.15, 0.2) is 0 Å². The molecule has 312 valence electrons. The molecular formula is C43H88NO7P. The third-order valence-electron chi connectivity index (χ3n) is 9.91. The van der Waals surface area contributed by atoms with Crippen molar-refractivity contribution in [3.05, 3.63) is 0 Å². The van der Waals surface area contributed by atoms with E-state index in [0.29, 0.717) is 24.1 Å². The van der Waals surface area contributed by atoms with Crippen molar-refractivity contribution in [2.45, 2.75) is 219 Å². The molecule has 52 heavy (non-hydrogen) atoms. The molecule has 9 heteroatoms. The summed E-state index contributed by atoms with van der Waals surface area (Å²) in [6.45, 7) is 5.33. The fraction of sp³-hybridized carbons (Fsp3) is 0.977. The third-order valence-corrected chi connectivity index (χ3v) is 10.9. The van der Waals surface area contributed by atoms with Crippen LogP contribution in [0.4, 0.5) is 0 Å². The molecular weight excluding hydrogens is 673 g/mol. The monoisotopic (exact) mass is 762 g/mol. The topological polar surface area (TPSA) is 94.1 Å². The van der Waals surface area contributed by atoms with Crippen molar-refractivity contribution in [1.82, 2.24) is 0 Å². The van der Waals surface area contributed by atoms with E-state index in [1.807, 2.05) is 21.1 Å². The minimum Gasteiger partial charge on any atom is -0.756 e. The highest BCUT2D eigenvalue weighted by atomic mass is 31.2. The number of phosphoric acid groups is 1. The molecule has 8 nitrogen and oxygen atoms in total. The zero-order chi connectivity index (χ0) is 38.4. The molecule has 0 bridgehead atoms. The minimum absolute atomic E-state index is 0.0300. The molecule has 0 N–H and O–H groups in total. The number of likely N-dealkylation sites (N-methyl/N-ethyl adjacent to an activating group) is 1. The quantitative estimate of drug-likeness (QED) is 0.0264. The van der Waals surface area contributed by atoms with Crippen molar-refractivity contribution in [3.8, 4) is 0 Å². The van der Waals surface area contributed by atoms with E-state index in [0.717, 1.165) is 38.5 Å². The number of hydrogen-bond donors (Lipinski definition) is 0. The summed E-state index contributed by atoms with van der Waals surface area (Å²) in [5.74, 6) is -0.347. The maximum absolute atomic E-state index is 12.4. The standard InChI is InChI=1S/C43H88NO7P/c1-6-8-10-12-13-14-15-16-17-18-19-20-21-22-23-24-25-26-27-28-29-30-31-32-33-35-38-48-40-42(51-43(45)36-34-11-9-7-2)41-50-52(46,47)49-39-37-44(3,4)5/h42H,6-41H2,1-5H3. The van der Waals surface area contributed by atoms with Crippen LogP contribution in [0.25, 0.3) is 0 Å². The van der Waals surface area contributed by atoms with Gasteiger partial charge in [-0.25, -0.2) is 0 Å². The van der Waals surface area contributed by atoms with E-state index in [4.69, 9.17) is 18.5 Å². The molecule has 0 aromatic heterocycles. The highest BCUT2D eigenvalue weighted by Gasteiger charge is 2.20. The average molecular weight is 762 g/mol. The van der Waals surface area contributed by atoms with Gasteiger partial charge in [0.1, 0.15) is 19.3 Å². The predicted molar refractivity (Wildman–Crippen MR) is 218 cm³/mol. The molecule has 0 spiro atoms. The Kier molecular flexibility index (Phi) is 37.1. The maximum Gasteiger partial charge on any atom is 0.306 e. The number of rotatable bonds is 42. The number of esters is 1. The summed E-state index contributed by atoms with van der Waals surface area (Å²) in [4.78, 5) is 24.6. The van der Waals surface area contributed by atoms with Crippen LogP contribution in [0.3, 0.4) is 0 Å². The van der Waals surface area contributed by atoms with E-state index in [2.05, 4.69) is 13.8 Å². The van der Waals surface area contributed by atoms with Gasteiger partial charge in [-0.05, 0) is 12.8 Å². The number of carbonyl (C=O) groups excluding carboxylic acids is 1. The van der Waals surface area contributed by atoms with E-state index in [-0.39, 0.29) is 25.8 Å². The van der Waals surface area contributed by atoms with Crippen molar-refractivity contribution in [2.24, 2.45) is 0 Å². The first-order chi connectivity index (χ1) is 25.1. The molecule has 0 aliphatic rings. The van der Waals surface area contributed by atoms with E-state index < -0.39 is 13.9 Å². The first kappa shape index (κ1) is 51.5. The summed E-state index contributed by atoms with van der Waals surface area (Å²) < 4.78 is 34.2. The lowest BCUT2D eigenvalue weighted by Gasteiger charge is -2.28. The van der Waals surface area contributed by atoms with Gasteiger partial charge in [0, 0.05) is 13.0 Å². The summed E-state index contributed by atoms with van der Waals surface area (Å²) in [5, 5.41) is 0. The van der Waals surface area contributed by atoms with E-state index >= 15 is 0 Å². The highest BCUT2D eigenvalue weighted by molar-refractivity contribution is 7.45. The summed E-state index contributed by atoms with van der Waals surface area (Å²) in [6, 6.07) is 0. The second-order valence-electron chi connectivity index (χ2n) is 16.4. The zero-order valence-corrected chi connectivity index (χ0v) is 36.2.